The Kier molecular flexibility index (Phi) is 3.03. The van der Waals surface area contributed by atoms with Crippen molar-refractivity contribution in [1.29, 1.82) is 0 Å². The predicted molar refractivity (Wildman–Crippen MR) is 53.0 cm³/mol. The quantitative estimate of drug-likeness (QED) is 0.644. The molecule has 2 rings (SSSR count). The van der Waals surface area contributed by atoms with E-state index in [1.807, 2.05) is 4.90 Å². The van der Waals surface area contributed by atoms with Crippen LogP contribution in [0.3, 0.4) is 0 Å². The second kappa shape index (κ2) is 4.28. The summed E-state index contributed by atoms with van der Waals surface area (Å²) in [6.45, 7) is 5.40. The van der Waals surface area contributed by atoms with Gasteiger partial charge in [0.25, 0.3) is 5.91 Å². The van der Waals surface area contributed by atoms with Crippen molar-refractivity contribution in [2.24, 2.45) is 0 Å². The lowest BCUT2D eigenvalue weighted by Gasteiger charge is -2.33. The topological polar surface area (TPSA) is 41.6 Å². The first-order valence-corrected chi connectivity index (χ1v) is 5.41. The number of nitrogens with zero attached hydrogens (tertiary/aromatic N) is 1. The molecule has 2 heterocycles. The van der Waals surface area contributed by atoms with Gasteiger partial charge in [-0.1, -0.05) is 0 Å². The molecule has 14 heavy (non-hydrogen) atoms. The lowest BCUT2D eigenvalue weighted by Crippen LogP contribution is -2.53. The number of piperazine rings is 1. The molecular weight excluding hydrogens is 180 g/mol. The fourth-order valence-electron chi connectivity index (χ4n) is 2.11. The minimum atomic E-state index is -0.153. The third-order valence-electron chi connectivity index (χ3n) is 2.89. The molecule has 1 N–H and O–H groups in total. The molecule has 0 bridgehead atoms. The summed E-state index contributed by atoms with van der Waals surface area (Å²) in [4.78, 5) is 13.8. The van der Waals surface area contributed by atoms with Crippen LogP contribution in [0.2, 0.25) is 0 Å². The Labute approximate surface area is 84.6 Å². The van der Waals surface area contributed by atoms with Crippen LogP contribution in [0, 0.1) is 0 Å². The van der Waals surface area contributed by atoms with Crippen LogP contribution in [-0.2, 0) is 9.53 Å². The lowest BCUT2D eigenvalue weighted by molar-refractivity contribution is -0.142. The van der Waals surface area contributed by atoms with Gasteiger partial charge < -0.3 is 15.0 Å². The number of amides is 1. The Morgan fingerprint density at radius 2 is 2.43 bits per heavy atom. The van der Waals surface area contributed by atoms with Gasteiger partial charge in [0.1, 0.15) is 6.10 Å². The third kappa shape index (κ3) is 2.07. The van der Waals surface area contributed by atoms with Gasteiger partial charge in [-0.2, -0.15) is 0 Å². The number of hydrogen-bond acceptors (Lipinski definition) is 3. The van der Waals surface area contributed by atoms with Crippen LogP contribution in [0.5, 0.6) is 0 Å². The van der Waals surface area contributed by atoms with E-state index in [4.69, 9.17) is 4.74 Å². The molecule has 80 valence electrons. The van der Waals surface area contributed by atoms with E-state index in [2.05, 4.69) is 12.2 Å². The van der Waals surface area contributed by atoms with Gasteiger partial charge in [0, 0.05) is 32.3 Å². The van der Waals surface area contributed by atoms with Crippen molar-refractivity contribution in [3.63, 3.8) is 0 Å². The van der Waals surface area contributed by atoms with Crippen LogP contribution in [0.4, 0.5) is 0 Å². The maximum Gasteiger partial charge on any atom is 0.251 e. The van der Waals surface area contributed by atoms with Gasteiger partial charge in [-0.25, -0.2) is 0 Å². The van der Waals surface area contributed by atoms with Gasteiger partial charge >= 0.3 is 0 Å². The van der Waals surface area contributed by atoms with Gasteiger partial charge in [-0.3, -0.25) is 4.79 Å². The molecule has 2 aliphatic rings. The second-order valence-electron chi connectivity index (χ2n) is 4.14. The zero-order chi connectivity index (χ0) is 9.97. The summed E-state index contributed by atoms with van der Waals surface area (Å²) < 4.78 is 5.39. The van der Waals surface area contributed by atoms with Gasteiger partial charge in [0.2, 0.25) is 0 Å². The van der Waals surface area contributed by atoms with E-state index in [0.717, 1.165) is 39.1 Å². The smallest absolute Gasteiger partial charge is 0.251 e. The van der Waals surface area contributed by atoms with Crippen LogP contribution in [0.1, 0.15) is 19.8 Å². The van der Waals surface area contributed by atoms with Crippen molar-refractivity contribution in [1.82, 2.24) is 10.2 Å². The molecule has 0 aliphatic carbocycles. The van der Waals surface area contributed by atoms with Gasteiger partial charge in [-0.05, 0) is 19.8 Å². The van der Waals surface area contributed by atoms with Crippen LogP contribution >= 0.6 is 0 Å². The Bertz CT molecular complexity index is 214. The SMILES string of the molecule is C[C@@H]1CN(C(=O)C2CCCO2)CCN1. The molecule has 0 aromatic carbocycles. The molecule has 2 atom stereocenters. The first kappa shape index (κ1) is 9.93. The molecule has 2 fully saturated rings. The number of ether oxygens (including phenoxy) is 1. The van der Waals surface area contributed by atoms with Crippen molar-refractivity contribution in [2.45, 2.75) is 31.9 Å². The summed E-state index contributed by atoms with van der Waals surface area (Å²) in [5.41, 5.74) is 0. The Morgan fingerprint density at radius 1 is 1.57 bits per heavy atom. The average Bonchev–Trinajstić information content (AvgIpc) is 2.69. The van der Waals surface area contributed by atoms with Crippen LogP contribution in [0.15, 0.2) is 0 Å². The zero-order valence-corrected chi connectivity index (χ0v) is 8.66. The summed E-state index contributed by atoms with van der Waals surface area (Å²) in [7, 11) is 0. The van der Waals surface area contributed by atoms with E-state index < -0.39 is 0 Å². The van der Waals surface area contributed by atoms with E-state index in [0.29, 0.717) is 6.04 Å². The highest BCUT2D eigenvalue weighted by Crippen LogP contribution is 2.15. The van der Waals surface area contributed by atoms with Gasteiger partial charge in [0.05, 0.1) is 0 Å². The van der Waals surface area contributed by atoms with E-state index in [-0.39, 0.29) is 12.0 Å². The van der Waals surface area contributed by atoms with E-state index >= 15 is 0 Å². The zero-order valence-electron chi connectivity index (χ0n) is 8.66. The highest BCUT2D eigenvalue weighted by molar-refractivity contribution is 5.81. The molecule has 0 aromatic rings. The monoisotopic (exact) mass is 198 g/mol. The molecule has 0 spiro atoms. The minimum absolute atomic E-state index is 0.153. The molecule has 2 aliphatic heterocycles. The van der Waals surface area contributed by atoms with Crippen LogP contribution in [-0.4, -0.2) is 49.2 Å². The summed E-state index contributed by atoms with van der Waals surface area (Å²) in [5.74, 6) is 0.191. The van der Waals surface area contributed by atoms with E-state index in [1.165, 1.54) is 0 Å². The molecule has 0 radical (unpaired) electrons. The van der Waals surface area contributed by atoms with Crippen LogP contribution < -0.4 is 5.32 Å². The summed E-state index contributed by atoms with van der Waals surface area (Å²) in [6, 6.07) is 0.411. The number of hydrogen-bond donors (Lipinski definition) is 1. The maximum absolute atomic E-state index is 11.9. The van der Waals surface area contributed by atoms with Gasteiger partial charge in [-0.15, -0.1) is 0 Å². The summed E-state index contributed by atoms with van der Waals surface area (Å²) in [5, 5.41) is 3.32. The van der Waals surface area contributed by atoms with Crippen molar-refractivity contribution >= 4 is 5.91 Å². The molecule has 2 saturated heterocycles. The van der Waals surface area contributed by atoms with Crippen LogP contribution in [0.25, 0.3) is 0 Å². The lowest BCUT2D eigenvalue weighted by atomic mass is 10.1. The second-order valence-corrected chi connectivity index (χ2v) is 4.14. The molecule has 1 unspecified atom stereocenters. The van der Waals surface area contributed by atoms with Crippen molar-refractivity contribution < 1.29 is 9.53 Å². The number of carbonyl (C=O) groups excluding carboxylic acids is 1. The molecule has 0 saturated carbocycles. The van der Waals surface area contributed by atoms with E-state index in [9.17, 15) is 4.79 Å². The minimum Gasteiger partial charge on any atom is -0.368 e. The predicted octanol–water partition coefficient (Wildman–Crippen LogP) is -0.0143. The number of nitrogens with one attached hydrogen (secondary N) is 1. The Balaban J connectivity index is 1.89. The Hall–Kier alpha value is -0.610. The number of carbonyl (C=O) groups is 1. The van der Waals surface area contributed by atoms with Gasteiger partial charge in [0.15, 0.2) is 0 Å². The summed E-state index contributed by atoms with van der Waals surface area (Å²) >= 11 is 0. The first-order valence-electron chi connectivity index (χ1n) is 5.41. The van der Waals surface area contributed by atoms with Crippen molar-refractivity contribution in [3.05, 3.63) is 0 Å². The average molecular weight is 198 g/mol. The molecule has 0 aromatic heterocycles. The highest BCUT2D eigenvalue weighted by Gasteiger charge is 2.30. The maximum atomic E-state index is 11.9. The summed E-state index contributed by atoms with van der Waals surface area (Å²) in [6.07, 6.45) is 1.77. The van der Waals surface area contributed by atoms with E-state index in [1.54, 1.807) is 0 Å². The van der Waals surface area contributed by atoms with Crippen molar-refractivity contribution in [3.8, 4) is 0 Å². The third-order valence-corrected chi connectivity index (χ3v) is 2.89. The highest BCUT2D eigenvalue weighted by atomic mass is 16.5. The van der Waals surface area contributed by atoms with Crippen molar-refractivity contribution in [2.75, 3.05) is 26.2 Å². The fourth-order valence-corrected chi connectivity index (χ4v) is 2.11. The molecular formula is C10H18N2O2. The molecule has 4 nitrogen and oxygen atoms in total. The molecule has 4 heteroatoms. The Morgan fingerprint density at radius 3 is 3.07 bits per heavy atom. The first-order chi connectivity index (χ1) is 6.77. The normalized spacial score (nSPS) is 33.4. The molecule has 1 amide bonds. The number of rotatable bonds is 1. The largest absolute Gasteiger partial charge is 0.368 e. The fraction of sp³-hybridized carbons (Fsp3) is 0.900. The standard InChI is InChI=1S/C10H18N2O2/c1-8-7-12(5-4-11-8)10(13)9-3-2-6-14-9/h8-9,11H,2-7H2,1H3/t8-,9?/m1/s1.